The predicted molar refractivity (Wildman–Crippen MR) is 107 cm³/mol. The number of hydrogen-bond donors (Lipinski definition) is 2. The molecule has 2 heterocycles. The molecule has 0 aliphatic rings. The molecule has 0 spiro atoms. The van der Waals surface area contributed by atoms with Crippen molar-refractivity contribution < 1.29 is 0 Å². The first kappa shape index (κ1) is 20.1. The quantitative estimate of drug-likeness (QED) is 0.577. The highest BCUT2D eigenvalue weighted by molar-refractivity contribution is 5.38. The van der Waals surface area contributed by atoms with E-state index in [1.54, 1.807) is 0 Å². The summed E-state index contributed by atoms with van der Waals surface area (Å²) >= 11 is 0. The Kier molecular flexibility index (Phi) is 8.25. The van der Waals surface area contributed by atoms with Gasteiger partial charge in [0.15, 0.2) is 0 Å². The first-order valence-corrected chi connectivity index (χ1v) is 9.94. The summed E-state index contributed by atoms with van der Waals surface area (Å²) in [5.74, 6) is 1.17. The van der Waals surface area contributed by atoms with Crippen LogP contribution in [0.2, 0.25) is 0 Å². The fourth-order valence-electron chi connectivity index (χ4n) is 2.87. The first-order valence-electron chi connectivity index (χ1n) is 9.94. The lowest BCUT2D eigenvalue weighted by molar-refractivity contribution is 0.824. The van der Waals surface area contributed by atoms with Crippen molar-refractivity contribution in [3.63, 3.8) is 0 Å². The summed E-state index contributed by atoms with van der Waals surface area (Å²) in [7, 11) is 0. The van der Waals surface area contributed by atoms with E-state index < -0.39 is 0 Å². The van der Waals surface area contributed by atoms with Gasteiger partial charge in [-0.2, -0.15) is 0 Å². The smallest absolute Gasteiger partial charge is 0.242 e. The van der Waals surface area contributed by atoms with Crippen molar-refractivity contribution in [2.75, 3.05) is 10.9 Å². The zero-order chi connectivity index (χ0) is 18.8. The van der Waals surface area contributed by atoms with E-state index in [1.807, 2.05) is 0 Å². The summed E-state index contributed by atoms with van der Waals surface area (Å²) in [5, 5.41) is 0. The first-order chi connectivity index (χ1) is 12.7. The van der Waals surface area contributed by atoms with E-state index in [0.717, 1.165) is 74.1 Å². The van der Waals surface area contributed by atoms with Crippen LogP contribution in [0.3, 0.4) is 0 Å². The Morgan fingerprint density at radius 3 is 1.04 bits per heavy atom. The molecule has 142 valence electrons. The second kappa shape index (κ2) is 10.7. The molecular weight excluding hydrogens is 324 g/mol. The van der Waals surface area contributed by atoms with E-state index >= 15 is 0 Å². The van der Waals surface area contributed by atoms with Crippen molar-refractivity contribution in [3.8, 4) is 0 Å². The van der Waals surface area contributed by atoms with E-state index in [9.17, 15) is 0 Å². The second-order valence-corrected chi connectivity index (χ2v) is 6.60. The topological polar surface area (TPSA) is 75.6 Å². The summed E-state index contributed by atoms with van der Waals surface area (Å²) in [6.45, 7) is 8.65. The van der Waals surface area contributed by atoms with E-state index in [1.165, 1.54) is 0 Å². The maximum Gasteiger partial charge on any atom is 0.242 e. The fourth-order valence-corrected chi connectivity index (χ4v) is 2.87. The lowest BCUT2D eigenvalue weighted by atomic mass is 10.2. The van der Waals surface area contributed by atoms with E-state index in [-0.39, 0.29) is 0 Å². The number of nitrogens with one attached hydrogen (secondary N) is 2. The van der Waals surface area contributed by atoms with Gasteiger partial charge in [-0.05, 0) is 37.8 Å². The number of hydrogen-bond acceptors (Lipinski definition) is 6. The monoisotopic (exact) mass is 356 g/mol. The molecule has 2 aromatic rings. The molecule has 0 aromatic carbocycles. The van der Waals surface area contributed by atoms with Crippen molar-refractivity contribution in [2.45, 2.75) is 79.1 Å². The minimum Gasteiger partial charge on any atom is -0.265 e. The molecule has 0 unspecified atom stereocenters. The molecule has 6 heteroatoms. The normalized spacial score (nSPS) is 10.8. The van der Waals surface area contributed by atoms with Crippen LogP contribution in [0.15, 0.2) is 12.1 Å². The third kappa shape index (κ3) is 6.24. The Balaban J connectivity index is 2.16. The van der Waals surface area contributed by atoms with Gasteiger partial charge >= 0.3 is 0 Å². The van der Waals surface area contributed by atoms with Crippen LogP contribution < -0.4 is 10.9 Å². The average molecular weight is 357 g/mol. The molecule has 2 N–H and O–H groups in total. The molecule has 2 rings (SSSR count). The number of nitrogens with zero attached hydrogens (tertiary/aromatic N) is 4. The molecule has 0 aliphatic heterocycles. The van der Waals surface area contributed by atoms with Gasteiger partial charge in [0.25, 0.3) is 0 Å². The van der Waals surface area contributed by atoms with Gasteiger partial charge in [0.05, 0.1) is 0 Å². The minimum atomic E-state index is 0.584. The number of aromatic nitrogens is 4. The van der Waals surface area contributed by atoms with Crippen molar-refractivity contribution in [2.24, 2.45) is 0 Å². The van der Waals surface area contributed by atoms with Gasteiger partial charge in [-0.1, -0.05) is 53.4 Å². The molecule has 0 saturated carbocycles. The van der Waals surface area contributed by atoms with E-state index in [2.05, 4.69) is 70.6 Å². The van der Waals surface area contributed by atoms with Gasteiger partial charge in [0, 0.05) is 22.8 Å². The van der Waals surface area contributed by atoms with Crippen molar-refractivity contribution >= 4 is 11.9 Å². The van der Waals surface area contributed by atoms with Gasteiger partial charge < -0.3 is 0 Å². The number of aryl methyl sites for hydroxylation is 4. The Morgan fingerprint density at radius 1 is 0.538 bits per heavy atom. The number of hydrazine groups is 1. The Labute approximate surface area is 157 Å². The Hall–Kier alpha value is -2.24. The molecular formula is C20H32N6. The molecule has 0 fully saturated rings. The number of anilines is 2. The van der Waals surface area contributed by atoms with Crippen molar-refractivity contribution in [1.82, 2.24) is 19.9 Å². The largest absolute Gasteiger partial charge is 0.265 e. The lowest BCUT2D eigenvalue weighted by Crippen LogP contribution is -2.16. The summed E-state index contributed by atoms with van der Waals surface area (Å²) in [4.78, 5) is 18.4. The van der Waals surface area contributed by atoms with Gasteiger partial charge in [0.2, 0.25) is 11.9 Å². The molecule has 0 radical (unpaired) electrons. The van der Waals surface area contributed by atoms with E-state index in [0.29, 0.717) is 11.9 Å². The van der Waals surface area contributed by atoms with Crippen LogP contribution in [0.25, 0.3) is 0 Å². The molecule has 0 amide bonds. The third-order valence-corrected chi connectivity index (χ3v) is 3.98. The van der Waals surface area contributed by atoms with Crippen LogP contribution in [0, 0.1) is 0 Å². The molecule has 0 bridgehead atoms. The van der Waals surface area contributed by atoms with Crippen molar-refractivity contribution in [3.05, 3.63) is 34.9 Å². The maximum absolute atomic E-state index is 4.60. The molecule has 0 aliphatic carbocycles. The summed E-state index contributed by atoms with van der Waals surface area (Å²) in [5.41, 5.74) is 10.5. The summed E-state index contributed by atoms with van der Waals surface area (Å²) in [6.07, 6.45) is 8.09. The highest BCUT2D eigenvalue weighted by Crippen LogP contribution is 2.12. The minimum absolute atomic E-state index is 0.584. The fraction of sp³-hybridized carbons (Fsp3) is 0.600. The van der Waals surface area contributed by atoms with E-state index in [4.69, 9.17) is 0 Å². The molecule has 6 nitrogen and oxygen atoms in total. The van der Waals surface area contributed by atoms with Crippen molar-refractivity contribution in [1.29, 1.82) is 0 Å². The Morgan fingerprint density at radius 2 is 0.808 bits per heavy atom. The van der Waals surface area contributed by atoms with Crippen LogP contribution in [0.4, 0.5) is 11.9 Å². The lowest BCUT2D eigenvalue weighted by Gasteiger charge is -2.12. The van der Waals surface area contributed by atoms with Crippen LogP contribution in [-0.4, -0.2) is 19.9 Å². The van der Waals surface area contributed by atoms with Crippen LogP contribution in [0.1, 0.15) is 76.2 Å². The second-order valence-electron chi connectivity index (χ2n) is 6.60. The molecule has 26 heavy (non-hydrogen) atoms. The molecule has 2 aromatic heterocycles. The summed E-state index contributed by atoms with van der Waals surface area (Å²) in [6, 6.07) is 4.21. The Bertz CT molecular complexity index is 578. The highest BCUT2D eigenvalue weighted by Gasteiger charge is 2.07. The van der Waals surface area contributed by atoms with Crippen LogP contribution >= 0.6 is 0 Å². The van der Waals surface area contributed by atoms with Gasteiger partial charge in [0.1, 0.15) is 0 Å². The van der Waals surface area contributed by atoms with Gasteiger partial charge in [-0.25, -0.2) is 19.9 Å². The zero-order valence-electron chi connectivity index (χ0n) is 16.6. The standard InChI is InChI=1S/C20H32N6/c1-5-9-15-13-16(10-6-2)22-19(21-15)25-26-20-23-17(11-7-3)14-18(24-20)12-8-4/h13-14H,5-12H2,1-4H3,(H,21,22,25)(H,23,24,26). The highest BCUT2D eigenvalue weighted by atomic mass is 15.4. The average Bonchev–Trinajstić information content (AvgIpc) is 2.61. The SMILES string of the molecule is CCCc1cc(CCC)nc(NNc2nc(CCC)cc(CCC)n2)n1. The third-order valence-electron chi connectivity index (χ3n) is 3.98. The maximum atomic E-state index is 4.60. The number of rotatable bonds is 11. The molecule has 0 saturated heterocycles. The zero-order valence-corrected chi connectivity index (χ0v) is 16.6. The summed E-state index contributed by atoms with van der Waals surface area (Å²) < 4.78 is 0. The van der Waals surface area contributed by atoms with Crippen LogP contribution in [-0.2, 0) is 25.7 Å². The van der Waals surface area contributed by atoms with Gasteiger partial charge in [-0.15, -0.1) is 0 Å². The van der Waals surface area contributed by atoms with Crippen LogP contribution in [0.5, 0.6) is 0 Å². The molecule has 0 atom stereocenters. The van der Waals surface area contributed by atoms with Gasteiger partial charge in [-0.3, -0.25) is 10.9 Å². The predicted octanol–water partition coefficient (Wildman–Crippen LogP) is 4.52.